The van der Waals surface area contributed by atoms with Gasteiger partial charge in [-0.2, -0.15) is 10.4 Å². The van der Waals surface area contributed by atoms with Gasteiger partial charge >= 0.3 is 0 Å². The average Bonchev–Trinajstić information content (AvgIpc) is 3.10. The van der Waals surface area contributed by atoms with Crippen LogP contribution in [-0.4, -0.2) is 20.2 Å². The van der Waals surface area contributed by atoms with Crippen LogP contribution in [0.1, 0.15) is 30.0 Å². The summed E-state index contributed by atoms with van der Waals surface area (Å²) in [5.41, 5.74) is 5.33. The van der Waals surface area contributed by atoms with Crippen LogP contribution in [0.5, 0.6) is 0 Å². The molecule has 0 saturated heterocycles. The van der Waals surface area contributed by atoms with Crippen LogP contribution in [0.2, 0.25) is 0 Å². The number of hydrogen-bond acceptors (Lipinski definition) is 4. The van der Waals surface area contributed by atoms with Crippen LogP contribution in [0.25, 0.3) is 33.5 Å². The van der Waals surface area contributed by atoms with E-state index in [1.165, 1.54) is 6.07 Å². The Balaban J connectivity index is 1.96. The van der Waals surface area contributed by atoms with E-state index in [4.69, 9.17) is 0 Å². The zero-order chi connectivity index (χ0) is 19.7. The van der Waals surface area contributed by atoms with Crippen molar-refractivity contribution in [3.8, 4) is 28.6 Å². The molecular weight excluding hydrogens is 353 g/mol. The standard InChI is InChI=1S/C22H18FN5/c1-3-5-14-8-13(2)19(17(23)9-14)20-16(11-24)10-18-22(26-20)21(28-27-18)15-6-4-7-25-12-15/h4,6-10,12H,3,5H2,1-2H3,(H,27,28). The van der Waals surface area contributed by atoms with Gasteiger partial charge in [0.05, 0.1) is 16.8 Å². The van der Waals surface area contributed by atoms with Gasteiger partial charge in [0.15, 0.2) is 0 Å². The molecule has 0 fully saturated rings. The summed E-state index contributed by atoms with van der Waals surface area (Å²) in [5.74, 6) is -0.363. The van der Waals surface area contributed by atoms with Crippen molar-refractivity contribution in [1.29, 1.82) is 5.26 Å². The van der Waals surface area contributed by atoms with Crippen molar-refractivity contribution in [2.75, 3.05) is 0 Å². The van der Waals surface area contributed by atoms with Crippen LogP contribution < -0.4 is 0 Å². The number of halogens is 1. The predicted octanol–water partition coefficient (Wildman–Crippen LogP) is 4.96. The Hall–Kier alpha value is -3.59. The summed E-state index contributed by atoms with van der Waals surface area (Å²) in [6, 6.07) is 11.0. The number of aryl methyl sites for hydroxylation is 2. The maximum Gasteiger partial charge on any atom is 0.133 e. The maximum absolute atomic E-state index is 15.0. The van der Waals surface area contributed by atoms with E-state index < -0.39 is 0 Å². The number of H-pyrrole nitrogens is 1. The quantitative estimate of drug-likeness (QED) is 0.550. The molecule has 0 aliphatic heterocycles. The monoisotopic (exact) mass is 371 g/mol. The number of aromatic nitrogens is 4. The van der Waals surface area contributed by atoms with Crippen molar-refractivity contribution < 1.29 is 4.39 Å². The van der Waals surface area contributed by atoms with Gasteiger partial charge in [-0.3, -0.25) is 10.1 Å². The van der Waals surface area contributed by atoms with Gasteiger partial charge in [0.2, 0.25) is 0 Å². The first-order chi connectivity index (χ1) is 13.6. The van der Waals surface area contributed by atoms with Crippen molar-refractivity contribution >= 4 is 11.0 Å². The van der Waals surface area contributed by atoms with Gasteiger partial charge in [-0.15, -0.1) is 0 Å². The summed E-state index contributed by atoms with van der Waals surface area (Å²) in [6.45, 7) is 3.91. The highest BCUT2D eigenvalue weighted by molar-refractivity contribution is 5.92. The van der Waals surface area contributed by atoms with E-state index in [1.54, 1.807) is 18.5 Å². The summed E-state index contributed by atoms with van der Waals surface area (Å²) >= 11 is 0. The zero-order valence-electron chi connectivity index (χ0n) is 15.6. The first kappa shape index (κ1) is 17.8. The largest absolute Gasteiger partial charge is 0.276 e. The highest BCUT2D eigenvalue weighted by Gasteiger charge is 2.19. The van der Waals surface area contributed by atoms with E-state index in [2.05, 4.69) is 33.2 Å². The molecule has 3 heterocycles. The van der Waals surface area contributed by atoms with Crippen molar-refractivity contribution in [3.63, 3.8) is 0 Å². The Bertz CT molecular complexity index is 1180. The van der Waals surface area contributed by atoms with Crippen LogP contribution in [0.3, 0.4) is 0 Å². The molecule has 0 radical (unpaired) electrons. The normalized spacial score (nSPS) is 10.9. The number of benzene rings is 1. The van der Waals surface area contributed by atoms with E-state index in [-0.39, 0.29) is 5.82 Å². The molecule has 4 aromatic rings. The molecule has 0 bridgehead atoms. The number of nitriles is 1. The van der Waals surface area contributed by atoms with Crippen LogP contribution in [0.4, 0.5) is 4.39 Å². The first-order valence-corrected chi connectivity index (χ1v) is 9.11. The Morgan fingerprint density at radius 2 is 2.07 bits per heavy atom. The minimum absolute atomic E-state index is 0.305. The molecule has 1 N–H and O–H groups in total. The first-order valence-electron chi connectivity index (χ1n) is 9.11. The third-order valence-corrected chi connectivity index (χ3v) is 4.71. The molecule has 0 atom stereocenters. The molecular formula is C22H18FN5. The van der Waals surface area contributed by atoms with Gasteiger partial charge < -0.3 is 0 Å². The number of pyridine rings is 2. The highest BCUT2D eigenvalue weighted by Crippen LogP contribution is 2.33. The molecule has 4 rings (SSSR count). The molecule has 0 unspecified atom stereocenters. The van der Waals surface area contributed by atoms with Gasteiger partial charge in [-0.25, -0.2) is 9.37 Å². The van der Waals surface area contributed by atoms with Gasteiger partial charge in [0.1, 0.15) is 23.1 Å². The molecule has 28 heavy (non-hydrogen) atoms. The third kappa shape index (κ3) is 3.01. The second-order valence-corrected chi connectivity index (χ2v) is 6.73. The SMILES string of the molecule is CCCc1cc(C)c(-c2nc3c(-c4cccnc4)n[nH]c3cc2C#N)c(F)c1. The number of rotatable bonds is 4. The lowest BCUT2D eigenvalue weighted by Crippen LogP contribution is -1.98. The molecule has 0 saturated carbocycles. The third-order valence-electron chi connectivity index (χ3n) is 4.71. The Labute approximate surface area is 161 Å². The lowest BCUT2D eigenvalue weighted by atomic mass is 9.96. The van der Waals surface area contributed by atoms with Gasteiger partial charge in [0, 0.05) is 23.5 Å². The highest BCUT2D eigenvalue weighted by atomic mass is 19.1. The van der Waals surface area contributed by atoms with Gasteiger partial charge in [-0.05, 0) is 48.7 Å². The number of aromatic amines is 1. The molecule has 3 aromatic heterocycles. The van der Waals surface area contributed by atoms with Crippen LogP contribution in [0.15, 0.2) is 42.7 Å². The van der Waals surface area contributed by atoms with Crippen molar-refractivity contribution in [3.05, 3.63) is 65.2 Å². The molecule has 0 aliphatic rings. The fourth-order valence-corrected chi connectivity index (χ4v) is 3.48. The van der Waals surface area contributed by atoms with Crippen molar-refractivity contribution in [1.82, 2.24) is 20.2 Å². The van der Waals surface area contributed by atoms with Gasteiger partial charge in [0.25, 0.3) is 0 Å². The Morgan fingerprint density at radius 3 is 2.75 bits per heavy atom. The number of nitrogens with one attached hydrogen (secondary N) is 1. The summed E-state index contributed by atoms with van der Waals surface area (Å²) in [5, 5.41) is 16.9. The van der Waals surface area contributed by atoms with Crippen LogP contribution in [0, 0.1) is 24.1 Å². The van der Waals surface area contributed by atoms with E-state index >= 15 is 4.39 Å². The molecule has 0 aliphatic carbocycles. The predicted molar refractivity (Wildman–Crippen MR) is 106 cm³/mol. The van der Waals surface area contributed by atoms with Crippen LogP contribution in [-0.2, 0) is 6.42 Å². The zero-order valence-corrected chi connectivity index (χ0v) is 15.6. The lowest BCUT2D eigenvalue weighted by molar-refractivity contribution is 0.626. The molecule has 1 aromatic carbocycles. The molecule has 138 valence electrons. The fourth-order valence-electron chi connectivity index (χ4n) is 3.48. The second kappa shape index (κ2) is 7.20. The van der Waals surface area contributed by atoms with E-state index in [1.807, 2.05) is 25.1 Å². The summed E-state index contributed by atoms with van der Waals surface area (Å²) in [7, 11) is 0. The number of hydrogen-bond donors (Lipinski definition) is 1. The van der Waals surface area contributed by atoms with Crippen molar-refractivity contribution in [2.24, 2.45) is 0 Å². The van der Waals surface area contributed by atoms with Crippen LogP contribution >= 0.6 is 0 Å². The minimum Gasteiger partial charge on any atom is -0.276 e. The lowest BCUT2D eigenvalue weighted by Gasteiger charge is -2.11. The van der Waals surface area contributed by atoms with E-state index in [0.717, 1.165) is 29.5 Å². The smallest absolute Gasteiger partial charge is 0.133 e. The summed E-state index contributed by atoms with van der Waals surface area (Å²) < 4.78 is 15.0. The molecule has 6 heteroatoms. The average molecular weight is 371 g/mol. The van der Waals surface area contributed by atoms with Gasteiger partial charge in [-0.1, -0.05) is 19.4 Å². The number of nitrogens with zero attached hydrogens (tertiary/aromatic N) is 4. The summed E-state index contributed by atoms with van der Waals surface area (Å²) in [4.78, 5) is 8.79. The fraction of sp³-hybridized carbons (Fsp3) is 0.182. The Morgan fingerprint density at radius 1 is 1.21 bits per heavy atom. The maximum atomic E-state index is 15.0. The van der Waals surface area contributed by atoms with E-state index in [9.17, 15) is 5.26 Å². The van der Waals surface area contributed by atoms with Crippen molar-refractivity contribution in [2.45, 2.75) is 26.7 Å². The molecule has 0 spiro atoms. The topological polar surface area (TPSA) is 78.2 Å². The minimum atomic E-state index is -0.363. The summed E-state index contributed by atoms with van der Waals surface area (Å²) in [6.07, 6.45) is 5.12. The van der Waals surface area contributed by atoms with E-state index in [0.29, 0.717) is 33.5 Å². The second-order valence-electron chi connectivity index (χ2n) is 6.73. The molecule has 5 nitrogen and oxygen atoms in total. The Kier molecular flexibility index (Phi) is 4.58. The number of fused-ring (bicyclic) bond motifs is 1. The molecule has 0 amide bonds.